The molecule has 0 saturated carbocycles. The van der Waals surface area contributed by atoms with Gasteiger partial charge in [0.15, 0.2) is 5.78 Å². The zero-order chi connectivity index (χ0) is 19.7. The second-order valence-electron chi connectivity index (χ2n) is 6.37. The monoisotopic (exact) mass is 376 g/mol. The summed E-state index contributed by atoms with van der Waals surface area (Å²) in [6.45, 7) is -0.645. The molecule has 0 spiro atoms. The molecule has 8 nitrogen and oxygen atoms in total. The molecular formula is C19H20O8. The van der Waals surface area contributed by atoms with E-state index >= 15 is 0 Å². The maximum Gasteiger partial charge on any atom is 0.193 e. The Hall–Kier alpha value is -2.49. The van der Waals surface area contributed by atoms with Crippen LogP contribution in [0.4, 0.5) is 0 Å². The fraction of sp³-hybridized carbons (Fsp3) is 0.316. The zero-order valence-corrected chi connectivity index (χ0v) is 14.1. The molecule has 0 unspecified atom stereocenters. The quantitative estimate of drug-likeness (QED) is 0.404. The lowest BCUT2D eigenvalue weighted by Gasteiger charge is -2.40. The van der Waals surface area contributed by atoms with Gasteiger partial charge in [0.2, 0.25) is 0 Å². The van der Waals surface area contributed by atoms with Gasteiger partial charge in [0.25, 0.3) is 0 Å². The minimum Gasteiger partial charge on any atom is -0.507 e. The molecule has 8 heteroatoms. The largest absolute Gasteiger partial charge is 0.507 e. The summed E-state index contributed by atoms with van der Waals surface area (Å²) in [5, 5.41) is 59.9. The molecule has 1 fully saturated rings. The minimum absolute atomic E-state index is 0.0181. The lowest BCUT2D eigenvalue weighted by Crippen LogP contribution is -2.55. The summed E-state index contributed by atoms with van der Waals surface area (Å²) in [4.78, 5) is 12.5. The van der Waals surface area contributed by atoms with Crippen LogP contribution in [0.1, 0.15) is 27.6 Å². The lowest BCUT2D eigenvalue weighted by molar-refractivity contribution is -0.232. The van der Waals surface area contributed by atoms with Crippen LogP contribution in [0.2, 0.25) is 0 Å². The van der Waals surface area contributed by atoms with Crippen LogP contribution in [0, 0.1) is 0 Å². The van der Waals surface area contributed by atoms with Crippen LogP contribution in [0.3, 0.4) is 0 Å². The van der Waals surface area contributed by atoms with Crippen LogP contribution in [-0.2, 0) is 4.74 Å². The molecule has 0 radical (unpaired) electrons. The Labute approximate surface area is 154 Å². The number of phenolic OH excluding ortho intramolecular Hbond substituents is 2. The average Bonchev–Trinajstić information content (AvgIpc) is 2.67. The maximum atomic E-state index is 12.5. The van der Waals surface area contributed by atoms with E-state index in [4.69, 9.17) is 4.74 Å². The topological polar surface area (TPSA) is 148 Å². The van der Waals surface area contributed by atoms with Crippen LogP contribution >= 0.6 is 0 Å². The highest BCUT2D eigenvalue weighted by Crippen LogP contribution is 2.42. The fourth-order valence-electron chi connectivity index (χ4n) is 3.14. The van der Waals surface area contributed by atoms with Crippen LogP contribution < -0.4 is 0 Å². The first-order valence-electron chi connectivity index (χ1n) is 8.31. The van der Waals surface area contributed by atoms with Crippen molar-refractivity contribution < 1.29 is 40.2 Å². The van der Waals surface area contributed by atoms with Gasteiger partial charge < -0.3 is 35.4 Å². The fourth-order valence-corrected chi connectivity index (χ4v) is 3.14. The maximum absolute atomic E-state index is 12.5. The zero-order valence-electron chi connectivity index (χ0n) is 14.1. The van der Waals surface area contributed by atoms with E-state index in [1.54, 1.807) is 30.3 Å². The van der Waals surface area contributed by atoms with Crippen molar-refractivity contribution in [3.8, 4) is 11.5 Å². The number of aromatic hydroxyl groups is 2. The summed E-state index contributed by atoms with van der Waals surface area (Å²) in [5.74, 6) is -1.49. The van der Waals surface area contributed by atoms with Gasteiger partial charge >= 0.3 is 0 Å². The molecule has 27 heavy (non-hydrogen) atoms. The molecule has 0 bridgehead atoms. The number of rotatable bonds is 4. The number of aliphatic hydroxyl groups excluding tert-OH is 4. The first-order valence-corrected chi connectivity index (χ1v) is 8.31. The van der Waals surface area contributed by atoms with E-state index in [1.165, 1.54) is 0 Å². The molecule has 6 N–H and O–H groups in total. The van der Waals surface area contributed by atoms with Crippen LogP contribution in [0.5, 0.6) is 11.5 Å². The summed E-state index contributed by atoms with van der Waals surface area (Å²) in [6.07, 6.45) is -7.51. The Kier molecular flexibility index (Phi) is 5.45. The molecule has 0 amide bonds. The number of phenols is 2. The number of benzene rings is 2. The first-order chi connectivity index (χ1) is 12.8. The van der Waals surface area contributed by atoms with Crippen LogP contribution in [-0.4, -0.2) is 67.4 Å². The van der Waals surface area contributed by atoms with E-state index in [0.717, 1.165) is 12.1 Å². The SMILES string of the molecule is O=C(c1ccccc1)c1cc(O)c([C@@H]2O[C@H](CO)[C@@H](O)[C@H](O)[C@H]2O)c(O)c1. The normalized spacial score (nSPS) is 28.1. The van der Waals surface area contributed by atoms with Crippen molar-refractivity contribution in [2.24, 2.45) is 0 Å². The van der Waals surface area contributed by atoms with Gasteiger partial charge in [-0.25, -0.2) is 0 Å². The van der Waals surface area contributed by atoms with Gasteiger partial charge in [-0.1, -0.05) is 30.3 Å². The Morgan fingerprint density at radius 3 is 2.04 bits per heavy atom. The number of ketones is 1. The van der Waals surface area contributed by atoms with Gasteiger partial charge in [0, 0.05) is 11.1 Å². The first kappa shape index (κ1) is 19.3. The third-order valence-electron chi connectivity index (χ3n) is 4.61. The summed E-state index contributed by atoms with van der Waals surface area (Å²) in [5.41, 5.74) is 0.123. The smallest absolute Gasteiger partial charge is 0.193 e. The summed E-state index contributed by atoms with van der Waals surface area (Å²) in [7, 11) is 0. The number of carbonyl (C=O) groups excluding carboxylic acids is 1. The molecular weight excluding hydrogens is 356 g/mol. The van der Waals surface area contributed by atoms with Crippen molar-refractivity contribution in [2.75, 3.05) is 6.61 Å². The van der Waals surface area contributed by atoms with Gasteiger partial charge in [0.1, 0.15) is 42.0 Å². The Balaban J connectivity index is 1.97. The van der Waals surface area contributed by atoms with Crippen molar-refractivity contribution in [1.29, 1.82) is 0 Å². The van der Waals surface area contributed by atoms with E-state index in [0.29, 0.717) is 5.56 Å². The highest BCUT2D eigenvalue weighted by molar-refractivity contribution is 6.09. The molecule has 5 atom stereocenters. The lowest BCUT2D eigenvalue weighted by atomic mass is 9.89. The standard InChI is InChI=1S/C19H20O8/c20-8-13-16(24)17(25)18(26)19(27-13)14-11(21)6-10(7-12(14)22)15(23)9-4-2-1-3-5-9/h1-7,13,16-22,24-26H,8H2/t13-,16-,17+,18-,19+/m1/s1. The molecule has 1 aliphatic rings. The van der Waals surface area contributed by atoms with Gasteiger partial charge in [0.05, 0.1) is 12.2 Å². The van der Waals surface area contributed by atoms with Crippen LogP contribution in [0.15, 0.2) is 42.5 Å². The van der Waals surface area contributed by atoms with E-state index in [1.807, 2.05) is 0 Å². The van der Waals surface area contributed by atoms with E-state index in [-0.39, 0.29) is 11.1 Å². The number of carbonyl (C=O) groups is 1. The number of hydrogen-bond acceptors (Lipinski definition) is 8. The molecule has 3 rings (SSSR count). The number of hydrogen-bond donors (Lipinski definition) is 6. The van der Waals surface area contributed by atoms with Gasteiger partial charge in [-0.3, -0.25) is 4.79 Å². The molecule has 144 valence electrons. The van der Waals surface area contributed by atoms with Crippen molar-refractivity contribution in [3.05, 3.63) is 59.2 Å². The van der Waals surface area contributed by atoms with Crippen molar-refractivity contribution >= 4 is 5.78 Å². The summed E-state index contributed by atoms with van der Waals surface area (Å²) in [6, 6.07) is 10.5. The van der Waals surface area contributed by atoms with Gasteiger partial charge in [-0.15, -0.1) is 0 Å². The molecule has 1 saturated heterocycles. The molecule has 2 aromatic carbocycles. The predicted octanol–water partition coefficient (Wildman–Crippen LogP) is -0.156. The molecule has 0 aromatic heterocycles. The Morgan fingerprint density at radius 2 is 1.48 bits per heavy atom. The summed E-state index contributed by atoms with van der Waals surface area (Å²) < 4.78 is 5.35. The van der Waals surface area contributed by atoms with E-state index < -0.39 is 54.4 Å². The molecule has 1 heterocycles. The molecule has 1 aliphatic heterocycles. The molecule has 2 aromatic rings. The average molecular weight is 376 g/mol. The summed E-state index contributed by atoms with van der Waals surface area (Å²) >= 11 is 0. The van der Waals surface area contributed by atoms with Crippen LogP contribution in [0.25, 0.3) is 0 Å². The van der Waals surface area contributed by atoms with E-state index in [9.17, 15) is 35.4 Å². The number of ether oxygens (including phenoxy) is 1. The third kappa shape index (κ3) is 3.53. The van der Waals surface area contributed by atoms with Gasteiger partial charge in [-0.2, -0.15) is 0 Å². The van der Waals surface area contributed by atoms with Crippen molar-refractivity contribution in [3.63, 3.8) is 0 Å². The second kappa shape index (κ2) is 7.63. The number of aliphatic hydroxyl groups is 4. The minimum atomic E-state index is -1.67. The predicted molar refractivity (Wildman–Crippen MR) is 92.4 cm³/mol. The van der Waals surface area contributed by atoms with Gasteiger partial charge in [-0.05, 0) is 12.1 Å². The highest BCUT2D eigenvalue weighted by Gasteiger charge is 2.45. The highest BCUT2D eigenvalue weighted by atomic mass is 16.5. The van der Waals surface area contributed by atoms with Crippen molar-refractivity contribution in [1.82, 2.24) is 0 Å². The second-order valence-corrected chi connectivity index (χ2v) is 6.37. The Bertz CT molecular complexity index is 797. The third-order valence-corrected chi connectivity index (χ3v) is 4.61. The van der Waals surface area contributed by atoms with Crippen molar-refractivity contribution in [2.45, 2.75) is 30.5 Å². The van der Waals surface area contributed by atoms with E-state index in [2.05, 4.69) is 0 Å². The Morgan fingerprint density at radius 1 is 0.889 bits per heavy atom. The molecule has 0 aliphatic carbocycles.